The van der Waals surface area contributed by atoms with E-state index >= 15 is 0 Å². The lowest BCUT2D eigenvalue weighted by atomic mass is 9.97. The third-order valence-corrected chi connectivity index (χ3v) is 6.46. The number of anilines is 3. The maximum absolute atomic E-state index is 14.9. The van der Waals surface area contributed by atoms with Crippen molar-refractivity contribution in [2.75, 3.05) is 35.3 Å². The molecule has 0 aliphatic carbocycles. The van der Waals surface area contributed by atoms with Crippen LogP contribution >= 0.6 is 23.2 Å². The number of benzene rings is 3. The fourth-order valence-electron chi connectivity index (χ4n) is 4.12. The van der Waals surface area contributed by atoms with Gasteiger partial charge in [0.2, 0.25) is 0 Å². The van der Waals surface area contributed by atoms with Crippen LogP contribution in [0.25, 0.3) is 0 Å². The fraction of sp³-hybridized carbons (Fsp3) is 0.167. The quantitative estimate of drug-likeness (QED) is 0.574. The van der Waals surface area contributed by atoms with Crippen molar-refractivity contribution in [2.45, 2.75) is 6.17 Å². The van der Waals surface area contributed by atoms with Crippen molar-refractivity contribution in [3.63, 3.8) is 0 Å². The van der Waals surface area contributed by atoms with Gasteiger partial charge in [0.05, 0.1) is 27.1 Å². The second-order valence-electron chi connectivity index (χ2n) is 7.72. The zero-order valence-electron chi connectivity index (χ0n) is 17.1. The maximum atomic E-state index is 14.9. The van der Waals surface area contributed by atoms with E-state index in [4.69, 9.17) is 28.2 Å². The van der Waals surface area contributed by atoms with Crippen LogP contribution in [0, 0.1) is 5.82 Å². The van der Waals surface area contributed by atoms with Crippen molar-refractivity contribution in [2.24, 2.45) is 4.99 Å². The van der Waals surface area contributed by atoms with Crippen LogP contribution < -0.4 is 15.1 Å². The van der Waals surface area contributed by atoms with Gasteiger partial charge in [-0.25, -0.2) is 9.38 Å². The summed E-state index contributed by atoms with van der Waals surface area (Å²) in [5, 5.41) is 3.93. The molecule has 8 heteroatoms. The molecular formula is C24H19Cl2FN4O. The molecule has 1 atom stereocenters. The first-order chi connectivity index (χ1) is 15.4. The van der Waals surface area contributed by atoms with E-state index in [9.17, 15) is 9.18 Å². The minimum Gasteiger partial charge on any atom is -0.371 e. The van der Waals surface area contributed by atoms with Crippen molar-refractivity contribution in [3.8, 4) is 0 Å². The van der Waals surface area contributed by atoms with E-state index in [0.717, 1.165) is 11.4 Å². The first kappa shape index (κ1) is 20.8. The highest BCUT2D eigenvalue weighted by Crippen LogP contribution is 2.39. The van der Waals surface area contributed by atoms with Gasteiger partial charge >= 0.3 is 0 Å². The molecule has 3 aromatic rings. The number of nitrogens with zero attached hydrogens (tertiary/aromatic N) is 3. The molecule has 0 fully saturated rings. The number of halogens is 3. The molecule has 0 saturated heterocycles. The molecule has 3 aromatic carbocycles. The summed E-state index contributed by atoms with van der Waals surface area (Å²) in [6, 6.07) is 17.2. The van der Waals surface area contributed by atoms with E-state index in [2.05, 4.69) is 10.2 Å². The second kappa shape index (κ2) is 8.11. The number of para-hydroxylation sites is 1. The van der Waals surface area contributed by atoms with E-state index < -0.39 is 12.0 Å². The smallest absolute Gasteiger partial charge is 0.272 e. The molecule has 162 valence electrons. The second-order valence-corrected chi connectivity index (χ2v) is 8.53. The maximum Gasteiger partial charge on any atom is 0.272 e. The fourth-order valence-corrected chi connectivity index (χ4v) is 4.42. The Morgan fingerprint density at radius 2 is 1.78 bits per heavy atom. The standard InChI is InChI=1S/C24H19Cl2FN4O/c1-30-11-12-31-22-16(6-4-8-20(22)30)21(15-5-2-3-7-19(15)27)29-23(24(31)32)28-14-9-10-17(25)18(26)13-14/h2-10,13,23,28H,11-12H2,1H3. The molecule has 0 spiro atoms. The topological polar surface area (TPSA) is 47.9 Å². The van der Waals surface area contributed by atoms with Gasteiger partial charge < -0.3 is 15.1 Å². The molecule has 2 aliphatic heterocycles. The van der Waals surface area contributed by atoms with E-state index in [1.54, 1.807) is 41.3 Å². The van der Waals surface area contributed by atoms with Crippen molar-refractivity contribution in [3.05, 3.63) is 87.7 Å². The van der Waals surface area contributed by atoms with Gasteiger partial charge in [0.1, 0.15) is 5.82 Å². The van der Waals surface area contributed by atoms with E-state index in [-0.39, 0.29) is 5.91 Å². The number of amides is 1. The number of carbonyl (C=O) groups is 1. The highest BCUT2D eigenvalue weighted by molar-refractivity contribution is 6.42. The molecule has 1 amide bonds. The Hall–Kier alpha value is -3.09. The summed E-state index contributed by atoms with van der Waals surface area (Å²) in [5.41, 5.74) is 3.71. The summed E-state index contributed by atoms with van der Waals surface area (Å²) in [6.07, 6.45) is -0.967. The van der Waals surface area contributed by atoms with E-state index in [1.165, 1.54) is 6.07 Å². The first-order valence-corrected chi connectivity index (χ1v) is 10.9. The van der Waals surface area contributed by atoms with Gasteiger partial charge in [-0.05, 0) is 36.4 Å². The van der Waals surface area contributed by atoms with Crippen molar-refractivity contribution in [1.29, 1.82) is 0 Å². The number of hydrogen-bond donors (Lipinski definition) is 1. The van der Waals surface area contributed by atoms with Gasteiger partial charge in [0.25, 0.3) is 5.91 Å². The number of nitrogens with one attached hydrogen (secondary N) is 1. The Kier molecular flexibility index (Phi) is 5.27. The third kappa shape index (κ3) is 3.49. The SMILES string of the molecule is CN1CCN2C(=O)C(Nc3ccc(Cl)c(Cl)c3)N=C(c3ccccc3F)c3cccc1c32. The molecule has 1 unspecified atom stereocenters. The van der Waals surface area contributed by atoms with Crippen molar-refractivity contribution in [1.82, 2.24) is 0 Å². The molecular weight excluding hydrogens is 450 g/mol. The molecule has 0 radical (unpaired) electrons. The van der Waals surface area contributed by atoms with Gasteiger partial charge in [-0.3, -0.25) is 4.79 Å². The molecule has 0 bridgehead atoms. The summed E-state index contributed by atoms with van der Waals surface area (Å²) < 4.78 is 14.9. The molecule has 2 heterocycles. The van der Waals surface area contributed by atoms with Gasteiger partial charge in [0.15, 0.2) is 6.17 Å². The summed E-state index contributed by atoms with van der Waals surface area (Å²) in [4.78, 5) is 22.2. The van der Waals surface area contributed by atoms with E-state index in [1.807, 2.05) is 25.2 Å². The van der Waals surface area contributed by atoms with E-state index in [0.29, 0.717) is 45.7 Å². The van der Waals surface area contributed by atoms with Crippen LogP contribution in [0.1, 0.15) is 11.1 Å². The number of likely N-dealkylation sites (N-methyl/N-ethyl adjacent to an activating group) is 1. The van der Waals surface area contributed by atoms with Crippen LogP contribution in [0.15, 0.2) is 65.7 Å². The molecule has 1 N–H and O–H groups in total. The van der Waals surface area contributed by atoms with Crippen LogP contribution in [-0.2, 0) is 4.79 Å². The molecule has 2 aliphatic rings. The van der Waals surface area contributed by atoms with Crippen LogP contribution in [0.5, 0.6) is 0 Å². The highest BCUT2D eigenvalue weighted by Gasteiger charge is 2.36. The Labute approximate surface area is 195 Å². The number of aliphatic imine (C=N–C) groups is 1. The van der Waals surface area contributed by atoms with Crippen LogP contribution in [0.4, 0.5) is 21.5 Å². The highest BCUT2D eigenvalue weighted by atomic mass is 35.5. The Bertz CT molecular complexity index is 1260. The minimum absolute atomic E-state index is 0.218. The van der Waals surface area contributed by atoms with Gasteiger partial charge in [0, 0.05) is 37.0 Å². The van der Waals surface area contributed by atoms with Crippen molar-refractivity contribution < 1.29 is 9.18 Å². The number of rotatable bonds is 3. The normalized spacial score (nSPS) is 17.6. The first-order valence-electron chi connectivity index (χ1n) is 10.1. The third-order valence-electron chi connectivity index (χ3n) is 5.72. The summed E-state index contributed by atoms with van der Waals surface area (Å²) in [5.74, 6) is -0.619. The Balaban J connectivity index is 1.70. The van der Waals surface area contributed by atoms with Crippen LogP contribution in [0.2, 0.25) is 10.0 Å². The largest absolute Gasteiger partial charge is 0.371 e. The molecule has 5 nitrogen and oxygen atoms in total. The predicted octanol–water partition coefficient (Wildman–Crippen LogP) is 5.20. The average molecular weight is 469 g/mol. The Morgan fingerprint density at radius 3 is 2.56 bits per heavy atom. The minimum atomic E-state index is -0.967. The van der Waals surface area contributed by atoms with Crippen molar-refractivity contribution >= 4 is 51.9 Å². The molecule has 0 aromatic heterocycles. The lowest BCUT2D eigenvalue weighted by Gasteiger charge is -2.36. The van der Waals surface area contributed by atoms with Gasteiger partial charge in [-0.2, -0.15) is 0 Å². The molecule has 5 rings (SSSR count). The number of hydrogen-bond acceptors (Lipinski definition) is 4. The lowest BCUT2D eigenvalue weighted by molar-refractivity contribution is -0.119. The monoisotopic (exact) mass is 468 g/mol. The Morgan fingerprint density at radius 1 is 1.00 bits per heavy atom. The molecule has 0 saturated carbocycles. The summed E-state index contributed by atoms with van der Waals surface area (Å²) in [7, 11) is 1.98. The lowest BCUT2D eigenvalue weighted by Crippen LogP contribution is -2.47. The summed E-state index contributed by atoms with van der Waals surface area (Å²) >= 11 is 12.2. The summed E-state index contributed by atoms with van der Waals surface area (Å²) in [6.45, 7) is 1.18. The van der Waals surface area contributed by atoms with Gasteiger partial charge in [-0.1, -0.05) is 47.5 Å². The van der Waals surface area contributed by atoms with Crippen LogP contribution in [0.3, 0.4) is 0 Å². The number of carbonyl (C=O) groups excluding carboxylic acids is 1. The zero-order chi connectivity index (χ0) is 22.4. The zero-order valence-corrected chi connectivity index (χ0v) is 18.7. The molecule has 32 heavy (non-hydrogen) atoms. The van der Waals surface area contributed by atoms with Gasteiger partial charge in [-0.15, -0.1) is 0 Å². The predicted molar refractivity (Wildman–Crippen MR) is 128 cm³/mol. The average Bonchev–Trinajstić information content (AvgIpc) is 2.90. The van der Waals surface area contributed by atoms with Crippen LogP contribution in [-0.4, -0.2) is 37.9 Å².